The molecule has 0 fully saturated rings. The zero-order chi connectivity index (χ0) is 10.1. The molecule has 0 nitrogen and oxygen atoms in total. The highest BCUT2D eigenvalue weighted by atomic mass is 79.9. The van der Waals surface area contributed by atoms with Crippen LogP contribution < -0.4 is 5.30 Å². The van der Waals surface area contributed by atoms with E-state index in [4.69, 9.17) is 0 Å². The van der Waals surface area contributed by atoms with Gasteiger partial charge in [-0.25, -0.2) is 0 Å². The number of rotatable bonds is 1. The van der Waals surface area contributed by atoms with Crippen LogP contribution >= 0.6 is 24.5 Å². The summed E-state index contributed by atoms with van der Waals surface area (Å²) < 4.78 is 1.29. The van der Waals surface area contributed by atoms with Crippen LogP contribution in [0.4, 0.5) is 0 Å². The molecule has 1 atom stereocenters. The first-order chi connectivity index (χ1) is 5.96. The second-order valence-electron chi connectivity index (χ2n) is 4.17. The highest BCUT2D eigenvalue weighted by molar-refractivity contribution is 9.10. The van der Waals surface area contributed by atoms with Crippen molar-refractivity contribution in [3.63, 3.8) is 0 Å². The van der Waals surface area contributed by atoms with Crippen molar-refractivity contribution >= 4 is 29.8 Å². The minimum atomic E-state index is 0.231. The molecule has 13 heavy (non-hydrogen) atoms. The molecule has 72 valence electrons. The molecule has 0 amide bonds. The molecule has 0 aliphatic carbocycles. The third kappa shape index (κ3) is 2.54. The average Bonchev–Trinajstić information content (AvgIpc) is 2.02. The van der Waals surface area contributed by atoms with Gasteiger partial charge in [0.25, 0.3) is 0 Å². The van der Waals surface area contributed by atoms with Crippen molar-refractivity contribution in [1.29, 1.82) is 0 Å². The van der Waals surface area contributed by atoms with Gasteiger partial charge in [-0.15, -0.1) is 0 Å². The van der Waals surface area contributed by atoms with Gasteiger partial charge in [-0.05, 0) is 38.9 Å². The van der Waals surface area contributed by atoms with Crippen LogP contribution in [0.25, 0.3) is 0 Å². The third-order valence-corrected chi connectivity index (χ3v) is 4.25. The van der Waals surface area contributed by atoms with Crippen molar-refractivity contribution in [2.45, 2.75) is 26.2 Å². The van der Waals surface area contributed by atoms with Crippen LogP contribution in [-0.2, 0) is 5.41 Å². The fraction of sp³-hybridized carbons (Fsp3) is 0.455. The van der Waals surface area contributed by atoms with Crippen molar-refractivity contribution in [1.82, 2.24) is 0 Å². The van der Waals surface area contributed by atoms with Crippen LogP contribution in [-0.4, -0.2) is 6.66 Å². The molecular formula is C11H16BrP. The lowest BCUT2D eigenvalue weighted by Gasteiger charge is -2.22. The normalized spacial score (nSPS) is 12.7. The van der Waals surface area contributed by atoms with Gasteiger partial charge in [0.1, 0.15) is 0 Å². The van der Waals surface area contributed by atoms with E-state index in [9.17, 15) is 0 Å². The van der Waals surface area contributed by atoms with E-state index in [0.717, 1.165) is 8.58 Å². The molecule has 1 rings (SSSR count). The summed E-state index contributed by atoms with van der Waals surface area (Å²) in [6.07, 6.45) is 0. The highest BCUT2D eigenvalue weighted by Gasteiger charge is 2.17. The monoisotopic (exact) mass is 258 g/mol. The van der Waals surface area contributed by atoms with E-state index in [2.05, 4.69) is 61.6 Å². The second kappa shape index (κ2) is 4.11. The van der Waals surface area contributed by atoms with Crippen LogP contribution in [0, 0.1) is 0 Å². The average molecular weight is 259 g/mol. The first kappa shape index (κ1) is 11.2. The van der Waals surface area contributed by atoms with Crippen LogP contribution in [0.2, 0.25) is 0 Å². The Labute approximate surface area is 91.0 Å². The van der Waals surface area contributed by atoms with Gasteiger partial charge in [-0.3, -0.25) is 0 Å². The molecule has 1 unspecified atom stereocenters. The Morgan fingerprint density at radius 1 is 1.23 bits per heavy atom. The van der Waals surface area contributed by atoms with E-state index < -0.39 is 0 Å². The van der Waals surface area contributed by atoms with Gasteiger partial charge < -0.3 is 0 Å². The molecule has 1 aromatic carbocycles. The van der Waals surface area contributed by atoms with Gasteiger partial charge in [0.2, 0.25) is 0 Å². The predicted octanol–water partition coefficient (Wildman–Crippen LogP) is 3.68. The standard InChI is InChI=1S/C11H16BrP/c1-11(2,3)8-6-5-7-9(13-4)10(8)12/h5-7,13H,1-4H3. The van der Waals surface area contributed by atoms with E-state index in [0.29, 0.717) is 0 Å². The smallest absolute Gasteiger partial charge is 0.0286 e. The van der Waals surface area contributed by atoms with E-state index in [1.165, 1.54) is 15.3 Å². The number of benzene rings is 1. The van der Waals surface area contributed by atoms with Crippen molar-refractivity contribution < 1.29 is 0 Å². The Kier molecular flexibility index (Phi) is 3.54. The maximum atomic E-state index is 3.68. The minimum absolute atomic E-state index is 0.231. The quantitative estimate of drug-likeness (QED) is 0.675. The third-order valence-electron chi connectivity index (χ3n) is 2.08. The summed E-state index contributed by atoms with van der Waals surface area (Å²) >= 11 is 3.68. The number of hydrogen-bond acceptors (Lipinski definition) is 0. The van der Waals surface area contributed by atoms with Crippen LogP contribution in [0.5, 0.6) is 0 Å². The Bertz CT molecular complexity index is 299. The summed E-state index contributed by atoms with van der Waals surface area (Å²) in [5.41, 5.74) is 1.63. The molecular weight excluding hydrogens is 243 g/mol. The molecule has 0 saturated heterocycles. The zero-order valence-corrected chi connectivity index (χ0v) is 11.2. The van der Waals surface area contributed by atoms with Gasteiger partial charge >= 0.3 is 0 Å². The molecule has 0 radical (unpaired) electrons. The largest absolute Gasteiger partial charge is 0.0923 e. The molecule has 0 N–H and O–H groups in total. The predicted molar refractivity (Wildman–Crippen MR) is 66.7 cm³/mol. The van der Waals surface area contributed by atoms with Crippen molar-refractivity contribution in [2.75, 3.05) is 6.66 Å². The van der Waals surface area contributed by atoms with Gasteiger partial charge in [0.15, 0.2) is 0 Å². The molecule has 0 aliphatic rings. The Balaban J connectivity index is 3.24. The van der Waals surface area contributed by atoms with Gasteiger partial charge in [0, 0.05) is 4.47 Å². The SMILES string of the molecule is CPc1cccc(C(C)(C)C)c1Br. The second-order valence-corrected chi connectivity index (χ2v) is 6.00. The molecule has 0 saturated carbocycles. The molecule has 1 aromatic rings. The lowest BCUT2D eigenvalue weighted by molar-refractivity contribution is 0.588. The fourth-order valence-corrected chi connectivity index (χ4v) is 3.38. The lowest BCUT2D eigenvalue weighted by atomic mass is 9.87. The van der Waals surface area contributed by atoms with Gasteiger partial charge in [-0.1, -0.05) is 47.6 Å². The Hall–Kier alpha value is 0.130. The fourth-order valence-electron chi connectivity index (χ4n) is 1.30. The highest BCUT2D eigenvalue weighted by Crippen LogP contribution is 2.30. The van der Waals surface area contributed by atoms with Crippen molar-refractivity contribution in [3.8, 4) is 0 Å². The van der Waals surface area contributed by atoms with E-state index in [1.807, 2.05) is 0 Å². The Morgan fingerprint density at radius 2 is 1.85 bits per heavy atom. The summed E-state index contributed by atoms with van der Waals surface area (Å²) in [4.78, 5) is 0. The van der Waals surface area contributed by atoms with Crippen LogP contribution in [0.1, 0.15) is 26.3 Å². The number of hydrogen-bond donors (Lipinski definition) is 0. The molecule has 0 heterocycles. The van der Waals surface area contributed by atoms with E-state index in [1.54, 1.807) is 0 Å². The molecule has 0 spiro atoms. The Morgan fingerprint density at radius 3 is 2.31 bits per heavy atom. The maximum absolute atomic E-state index is 3.68. The van der Waals surface area contributed by atoms with Crippen molar-refractivity contribution in [3.05, 3.63) is 28.2 Å². The van der Waals surface area contributed by atoms with Crippen LogP contribution in [0.3, 0.4) is 0 Å². The summed E-state index contributed by atoms with van der Waals surface area (Å²) in [5.74, 6) is 0. The number of halogens is 1. The van der Waals surface area contributed by atoms with Crippen molar-refractivity contribution in [2.24, 2.45) is 0 Å². The zero-order valence-electron chi connectivity index (χ0n) is 8.61. The minimum Gasteiger partial charge on any atom is -0.0923 e. The topological polar surface area (TPSA) is 0 Å². The van der Waals surface area contributed by atoms with Gasteiger partial charge in [0.05, 0.1) is 0 Å². The lowest BCUT2D eigenvalue weighted by Crippen LogP contribution is -2.15. The molecule has 0 aliphatic heterocycles. The molecule has 0 aromatic heterocycles. The van der Waals surface area contributed by atoms with Crippen LogP contribution in [0.15, 0.2) is 22.7 Å². The maximum Gasteiger partial charge on any atom is 0.0286 e. The van der Waals surface area contributed by atoms with Gasteiger partial charge in [-0.2, -0.15) is 0 Å². The summed E-state index contributed by atoms with van der Waals surface area (Å²) in [5, 5.41) is 1.42. The first-order valence-corrected chi connectivity index (χ1v) is 6.73. The molecule has 2 heteroatoms. The summed E-state index contributed by atoms with van der Waals surface area (Å²) in [7, 11) is 0.857. The van der Waals surface area contributed by atoms with E-state index in [-0.39, 0.29) is 5.41 Å². The first-order valence-electron chi connectivity index (χ1n) is 4.43. The summed E-state index contributed by atoms with van der Waals surface area (Å²) in [6.45, 7) is 8.95. The van der Waals surface area contributed by atoms with E-state index >= 15 is 0 Å². The molecule has 0 bridgehead atoms. The summed E-state index contributed by atoms with van der Waals surface area (Å²) in [6, 6.07) is 6.54.